The molecule has 108 valence electrons. The molecule has 0 aromatic carbocycles. The molecule has 0 saturated heterocycles. The monoisotopic (exact) mass is 358 g/mol. The Balaban J connectivity index is 3.04. The number of hydrogen-bond donors (Lipinski definition) is 1. The first-order valence-electron chi connectivity index (χ1n) is 5.38. The van der Waals surface area contributed by atoms with Crippen molar-refractivity contribution >= 4 is 26.9 Å². The highest BCUT2D eigenvalue weighted by atomic mass is 79.9. The van der Waals surface area contributed by atoms with Gasteiger partial charge in [-0.2, -0.15) is 13.2 Å². The average molecular weight is 359 g/mol. The van der Waals surface area contributed by atoms with Gasteiger partial charge in [0.15, 0.2) is 0 Å². The summed E-state index contributed by atoms with van der Waals surface area (Å²) in [6.07, 6.45) is -3.44. The molecule has 0 radical (unpaired) electrons. The number of pyridine rings is 1. The van der Waals surface area contributed by atoms with Gasteiger partial charge in [0.25, 0.3) is 0 Å². The molecule has 0 saturated carbocycles. The number of nitrogens with one attached hydrogen (secondary N) is 1. The number of aromatic nitrogens is 1. The van der Waals surface area contributed by atoms with Gasteiger partial charge in [0, 0.05) is 6.20 Å². The van der Waals surface area contributed by atoms with Crippen LogP contribution in [0.2, 0.25) is 0 Å². The van der Waals surface area contributed by atoms with Crippen LogP contribution < -0.4 is 4.72 Å². The van der Waals surface area contributed by atoms with Crippen molar-refractivity contribution in [1.29, 1.82) is 0 Å². The number of halogens is 4. The smallest absolute Gasteiger partial charge is 0.249 e. The fourth-order valence-electron chi connectivity index (χ4n) is 1.17. The van der Waals surface area contributed by atoms with Gasteiger partial charge in [-0.1, -0.05) is 6.07 Å². The fraction of sp³-hybridized carbons (Fsp3) is 0.545. The van der Waals surface area contributed by atoms with E-state index in [1.165, 1.54) is 12.1 Å². The Morgan fingerprint density at radius 1 is 1.32 bits per heavy atom. The second-order valence-electron chi connectivity index (χ2n) is 4.89. The lowest BCUT2D eigenvalue weighted by atomic mass is 10.1. The van der Waals surface area contributed by atoms with Gasteiger partial charge >= 0.3 is 6.18 Å². The molecule has 1 aromatic heterocycles. The van der Waals surface area contributed by atoms with Crippen LogP contribution in [0.1, 0.15) is 32.4 Å². The highest BCUT2D eigenvalue weighted by Crippen LogP contribution is 2.33. The molecule has 1 unspecified atom stereocenters. The Hall–Kier alpha value is -0.470. The highest BCUT2D eigenvalue weighted by Gasteiger charge is 2.43. The largest absolute Gasteiger partial charge is 0.408 e. The van der Waals surface area contributed by atoms with Crippen molar-refractivity contribution < 1.29 is 17.4 Å². The van der Waals surface area contributed by atoms with E-state index >= 15 is 0 Å². The highest BCUT2D eigenvalue weighted by molar-refractivity contribution is 9.10. The molecule has 0 amide bonds. The third-order valence-electron chi connectivity index (χ3n) is 2.19. The molecule has 1 aromatic rings. The molecule has 2 atom stereocenters. The normalized spacial score (nSPS) is 16.2. The Kier molecular flexibility index (Phi) is 5.14. The first-order valence-corrected chi connectivity index (χ1v) is 7.32. The summed E-state index contributed by atoms with van der Waals surface area (Å²) in [6, 6.07) is 0.700. The molecule has 0 aliphatic carbocycles. The molecule has 19 heavy (non-hydrogen) atoms. The standard InChI is InChI=1S/C11H14BrF3N2OS/c1-10(2,3)19(18)17-9(11(13,14)15)7-4-5-8(12)16-6-7/h4-6,9,17H,1-3H3/t9-,19?/m0/s1. The maximum Gasteiger partial charge on any atom is 0.408 e. The average Bonchev–Trinajstić information content (AvgIpc) is 2.24. The minimum atomic E-state index is -4.55. The Morgan fingerprint density at radius 2 is 1.89 bits per heavy atom. The molecule has 3 nitrogen and oxygen atoms in total. The lowest BCUT2D eigenvalue weighted by Gasteiger charge is -2.26. The van der Waals surface area contributed by atoms with Crippen LogP contribution in [0.25, 0.3) is 0 Å². The maximum atomic E-state index is 13.0. The number of nitrogens with zero attached hydrogens (tertiary/aromatic N) is 1. The van der Waals surface area contributed by atoms with Crippen LogP contribution in [0.15, 0.2) is 22.9 Å². The topological polar surface area (TPSA) is 42.0 Å². The lowest BCUT2D eigenvalue weighted by Crippen LogP contribution is -2.41. The zero-order valence-electron chi connectivity index (χ0n) is 10.6. The van der Waals surface area contributed by atoms with Gasteiger partial charge in [-0.15, -0.1) is 0 Å². The zero-order valence-corrected chi connectivity index (χ0v) is 13.0. The quantitative estimate of drug-likeness (QED) is 0.840. The van der Waals surface area contributed by atoms with E-state index < -0.39 is 28.0 Å². The van der Waals surface area contributed by atoms with Crippen molar-refractivity contribution in [2.75, 3.05) is 0 Å². The zero-order chi connectivity index (χ0) is 14.8. The van der Waals surface area contributed by atoms with Gasteiger partial charge in [0.1, 0.15) is 10.6 Å². The predicted octanol–water partition coefficient (Wildman–Crippen LogP) is 3.50. The molecule has 8 heteroatoms. The van der Waals surface area contributed by atoms with Crippen molar-refractivity contribution in [3.05, 3.63) is 28.5 Å². The Morgan fingerprint density at radius 3 is 2.26 bits per heavy atom. The summed E-state index contributed by atoms with van der Waals surface area (Å²) >= 11 is 3.05. The van der Waals surface area contributed by atoms with Gasteiger partial charge in [-0.25, -0.2) is 13.9 Å². The first-order chi connectivity index (χ1) is 8.51. The maximum absolute atomic E-state index is 13.0. The minimum absolute atomic E-state index is 0.0756. The van der Waals surface area contributed by atoms with Gasteiger partial charge in [0.05, 0.1) is 15.7 Å². The van der Waals surface area contributed by atoms with Gasteiger partial charge < -0.3 is 0 Å². The van der Waals surface area contributed by atoms with Gasteiger partial charge in [0.2, 0.25) is 0 Å². The van der Waals surface area contributed by atoms with Crippen LogP contribution in [-0.4, -0.2) is 20.1 Å². The molecule has 0 bridgehead atoms. The van der Waals surface area contributed by atoms with Crippen molar-refractivity contribution in [2.24, 2.45) is 0 Å². The lowest BCUT2D eigenvalue weighted by molar-refractivity contribution is -0.152. The van der Waals surface area contributed by atoms with Gasteiger partial charge in [-0.3, -0.25) is 0 Å². The van der Waals surface area contributed by atoms with Gasteiger partial charge in [-0.05, 0) is 48.3 Å². The number of hydrogen-bond acceptors (Lipinski definition) is 2. The van der Waals surface area contributed by atoms with E-state index in [2.05, 4.69) is 25.6 Å². The van der Waals surface area contributed by atoms with Crippen LogP contribution in [0.3, 0.4) is 0 Å². The van der Waals surface area contributed by atoms with E-state index in [1.807, 2.05) is 0 Å². The summed E-state index contributed by atoms with van der Waals surface area (Å²) in [7, 11) is -1.83. The molecule has 1 heterocycles. The summed E-state index contributed by atoms with van der Waals surface area (Å²) in [5, 5.41) is 0. The van der Waals surface area contributed by atoms with Crippen LogP contribution in [0.5, 0.6) is 0 Å². The molecule has 0 fully saturated rings. The van der Waals surface area contributed by atoms with Crippen LogP contribution in [0.4, 0.5) is 13.2 Å². The first kappa shape index (κ1) is 16.6. The summed E-state index contributed by atoms with van der Waals surface area (Å²) in [4.78, 5) is 3.76. The number of alkyl halides is 3. The summed E-state index contributed by atoms with van der Waals surface area (Å²) in [5.41, 5.74) is -0.0756. The van der Waals surface area contributed by atoms with E-state index in [-0.39, 0.29) is 5.56 Å². The molecule has 1 rings (SSSR count). The summed E-state index contributed by atoms with van der Waals surface area (Å²) in [6.45, 7) is 4.80. The molecule has 0 spiro atoms. The van der Waals surface area contributed by atoms with Crippen LogP contribution in [-0.2, 0) is 11.0 Å². The van der Waals surface area contributed by atoms with Crippen LogP contribution in [0, 0.1) is 0 Å². The van der Waals surface area contributed by atoms with Crippen molar-refractivity contribution in [3.8, 4) is 0 Å². The third-order valence-corrected chi connectivity index (χ3v) is 4.22. The minimum Gasteiger partial charge on any atom is -0.249 e. The van der Waals surface area contributed by atoms with E-state index in [0.717, 1.165) is 6.20 Å². The Labute approximate surface area is 120 Å². The fourth-order valence-corrected chi connectivity index (χ4v) is 2.24. The van der Waals surface area contributed by atoms with Crippen molar-refractivity contribution in [2.45, 2.75) is 37.7 Å². The predicted molar refractivity (Wildman–Crippen MR) is 71.8 cm³/mol. The van der Waals surface area contributed by atoms with E-state index in [4.69, 9.17) is 0 Å². The molecule has 0 aliphatic heterocycles. The molecule has 1 N–H and O–H groups in total. The van der Waals surface area contributed by atoms with Crippen LogP contribution >= 0.6 is 15.9 Å². The summed E-state index contributed by atoms with van der Waals surface area (Å²) < 4.78 is 52.7. The molecular weight excluding hydrogens is 345 g/mol. The second kappa shape index (κ2) is 5.88. The van der Waals surface area contributed by atoms with Crippen molar-refractivity contribution in [1.82, 2.24) is 9.71 Å². The summed E-state index contributed by atoms with van der Waals surface area (Å²) in [5.74, 6) is 0. The van der Waals surface area contributed by atoms with E-state index in [0.29, 0.717) is 4.60 Å². The number of rotatable bonds is 3. The Bertz CT molecular complexity index is 456. The molecule has 0 aliphatic rings. The van der Waals surface area contributed by atoms with E-state index in [9.17, 15) is 17.4 Å². The van der Waals surface area contributed by atoms with Crippen molar-refractivity contribution in [3.63, 3.8) is 0 Å². The second-order valence-corrected chi connectivity index (χ2v) is 7.70. The third kappa shape index (κ3) is 4.85. The molecular formula is C11H14BrF3N2OS. The van der Waals surface area contributed by atoms with E-state index in [1.54, 1.807) is 20.8 Å². The SMILES string of the molecule is CC(C)(C)S(=O)N[C@@H](c1ccc(Br)nc1)C(F)(F)F.